The first-order valence-corrected chi connectivity index (χ1v) is 11.8. The number of fused-ring (bicyclic) bond motifs is 1. The van der Waals surface area contributed by atoms with Crippen LogP contribution in [0.5, 0.6) is 0 Å². The largest absolute Gasteiger partial charge is 0.449 e. The van der Waals surface area contributed by atoms with Crippen LogP contribution in [0, 0.1) is 12.7 Å². The average Bonchev–Trinajstić information content (AvgIpc) is 3.28. The molecule has 2 heterocycles. The van der Waals surface area contributed by atoms with Gasteiger partial charge in [-0.25, -0.2) is 4.39 Å². The fraction of sp³-hybridized carbons (Fsp3) is 0.100. The van der Waals surface area contributed by atoms with E-state index in [1.54, 1.807) is 65.8 Å². The normalized spacial score (nSPS) is 10.9. The number of nitrogens with zero attached hydrogens (tertiary/aromatic N) is 2. The monoisotopic (exact) mass is 493 g/mol. The van der Waals surface area contributed by atoms with Crippen LogP contribution in [0.1, 0.15) is 37.6 Å². The van der Waals surface area contributed by atoms with Gasteiger partial charge in [-0.2, -0.15) is 0 Å². The second-order valence-electron chi connectivity index (χ2n) is 8.77. The Morgan fingerprint density at radius 3 is 2.35 bits per heavy atom. The first kappa shape index (κ1) is 23.9. The fourth-order valence-corrected chi connectivity index (χ4v) is 4.08. The average molecular weight is 494 g/mol. The van der Waals surface area contributed by atoms with E-state index in [9.17, 15) is 14.0 Å². The minimum absolute atomic E-state index is 0.0210. The van der Waals surface area contributed by atoms with E-state index in [0.29, 0.717) is 22.2 Å². The van der Waals surface area contributed by atoms with E-state index in [1.807, 2.05) is 31.2 Å². The van der Waals surface area contributed by atoms with Gasteiger partial charge >= 0.3 is 0 Å². The molecule has 0 bridgehead atoms. The molecule has 0 fully saturated rings. The topological polar surface area (TPSA) is 75.4 Å². The number of benzene rings is 3. The standard InChI is InChI=1S/C30H24FN3O3/c1-20-8-12-23(13-9-20)29(35)33-27-25-6-2-3-7-26(25)37-28(27)30(36)34(19-22-5-4-16-32-17-22)18-21-10-14-24(31)15-11-21/h2-17H,18-19H2,1H3,(H,33,35). The molecule has 0 saturated heterocycles. The summed E-state index contributed by atoms with van der Waals surface area (Å²) in [5, 5.41) is 3.52. The number of hydrogen-bond donors (Lipinski definition) is 1. The van der Waals surface area contributed by atoms with Crippen LogP contribution >= 0.6 is 0 Å². The second-order valence-corrected chi connectivity index (χ2v) is 8.77. The molecule has 0 aliphatic carbocycles. The van der Waals surface area contributed by atoms with E-state index in [1.165, 1.54) is 12.1 Å². The Hall–Kier alpha value is -4.78. The number of amides is 2. The zero-order valence-corrected chi connectivity index (χ0v) is 20.1. The van der Waals surface area contributed by atoms with Gasteiger partial charge in [-0.05, 0) is 60.5 Å². The maximum Gasteiger partial charge on any atom is 0.292 e. The second kappa shape index (κ2) is 10.5. The fourth-order valence-electron chi connectivity index (χ4n) is 4.08. The van der Waals surface area contributed by atoms with Gasteiger partial charge in [0.05, 0.1) is 0 Å². The molecule has 3 aromatic carbocycles. The summed E-state index contributed by atoms with van der Waals surface area (Å²) in [6, 6.07) is 24.0. The number of carbonyl (C=O) groups is 2. The number of rotatable bonds is 7. The van der Waals surface area contributed by atoms with Crippen molar-refractivity contribution in [3.8, 4) is 0 Å². The van der Waals surface area contributed by atoms with Crippen LogP contribution in [0.3, 0.4) is 0 Å². The van der Waals surface area contributed by atoms with Crippen molar-refractivity contribution in [1.82, 2.24) is 9.88 Å². The quantitative estimate of drug-likeness (QED) is 0.286. The van der Waals surface area contributed by atoms with Gasteiger partial charge in [0.15, 0.2) is 0 Å². The molecule has 5 aromatic rings. The van der Waals surface area contributed by atoms with E-state index in [-0.39, 0.29) is 30.6 Å². The maximum atomic E-state index is 14.0. The number of furan rings is 1. The van der Waals surface area contributed by atoms with Gasteiger partial charge in [-0.3, -0.25) is 14.6 Å². The Balaban J connectivity index is 1.53. The van der Waals surface area contributed by atoms with Crippen LogP contribution in [-0.2, 0) is 13.1 Å². The van der Waals surface area contributed by atoms with Crippen LogP contribution < -0.4 is 5.32 Å². The number of hydrogen-bond acceptors (Lipinski definition) is 4. The number of aryl methyl sites for hydroxylation is 1. The Kier molecular flexibility index (Phi) is 6.76. The predicted molar refractivity (Wildman–Crippen MR) is 140 cm³/mol. The number of carbonyl (C=O) groups excluding carboxylic acids is 2. The highest BCUT2D eigenvalue weighted by Gasteiger charge is 2.27. The molecule has 7 heteroatoms. The molecule has 5 rings (SSSR count). The molecule has 184 valence electrons. The van der Waals surface area contributed by atoms with Gasteiger partial charge in [-0.15, -0.1) is 0 Å². The molecule has 0 aliphatic heterocycles. The number of halogens is 1. The van der Waals surface area contributed by atoms with E-state index < -0.39 is 5.91 Å². The van der Waals surface area contributed by atoms with Gasteiger partial charge in [-0.1, -0.05) is 48.0 Å². The Morgan fingerprint density at radius 2 is 1.62 bits per heavy atom. The molecule has 0 spiro atoms. The Bertz CT molecular complexity index is 1550. The molecule has 0 unspecified atom stereocenters. The molecule has 0 saturated carbocycles. The molecule has 0 atom stereocenters. The summed E-state index contributed by atoms with van der Waals surface area (Å²) in [5.74, 6) is -1.10. The van der Waals surface area contributed by atoms with Crippen molar-refractivity contribution in [2.75, 3.05) is 5.32 Å². The van der Waals surface area contributed by atoms with E-state index >= 15 is 0 Å². The number of aromatic nitrogens is 1. The van der Waals surface area contributed by atoms with Crippen LogP contribution in [0.25, 0.3) is 11.0 Å². The van der Waals surface area contributed by atoms with Gasteiger partial charge < -0.3 is 14.6 Å². The van der Waals surface area contributed by atoms with Gasteiger partial charge in [0, 0.05) is 36.4 Å². The van der Waals surface area contributed by atoms with Crippen LogP contribution in [0.2, 0.25) is 0 Å². The molecule has 0 radical (unpaired) electrons. The lowest BCUT2D eigenvalue weighted by Gasteiger charge is -2.22. The maximum absolute atomic E-state index is 14.0. The van der Waals surface area contributed by atoms with Crippen molar-refractivity contribution in [3.63, 3.8) is 0 Å². The third kappa shape index (κ3) is 5.41. The molecule has 6 nitrogen and oxygen atoms in total. The highest BCUT2D eigenvalue weighted by molar-refractivity contribution is 6.14. The SMILES string of the molecule is Cc1ccc(C(=O)Nc2c(C(=O)N(Cc3ccc(F)cc3)Cc3cccnc3)oc3ccccc23)cc1. The third-order valence-electron chi connectivity index (χ3n) is 6.01. The number of para-hydroxylation sites is 1. The van der Waals surface area contributed by atoms with Crippen molar-refractivity contribution >= 4 is 28.5 Å². The molecular formula is C30H24FN3O3. The third-order valence-corrected chi connectivity index (χ3v) is 6.01. The molecule has 2 aromatic heterocycles. The van der Waals surface area contributed by atoms with E-state index in [4.69, 9.17) is 4.42 Å². The molecule has 1 N–H and O–H groups in total. The highest BCUT2D eigenvalue weighted by Crippen LogP contribution is 2.33. The highest BCUT2D eigenvalue weighted by atomic mass is 19.1. The minimum atomic E-state index is -0.413. The van der Waals surface area contributed by atoms with Crippen molar-refractivity contribution in [1.29, 1.82) is 0 Å². The van der Waals surface area contributed by atoms with Crippen molar-refractivity contribution in [2.24, 2.45) is 0 Å². The molecule has 2 amide bonds. The number of anilines is 1. The van der Waals surface area contributed by atoms with E-state index in [2.05, 4.69) is 10.3 Å². The summed E-state index contributed by atoms with van der Waals surface area (Å²) in [5.41, 5.74) is 3.86. The summed E-state index contributed by atoms with van der Waals surface area (Å²) < 4.78 is 19.5. The van der Waals surface area contributed by atoms with Gasteiger partial charge in [0.1, 0.15) is 17.1 Å². The molecule has 37 heavy (non-hydrogen) atoms. The molecular weight excluding hydrogens is 469 g/mol. The van der Waals surface area contributed by atoms with E-state index in [0.717, 1.165) is 16.7 Å². The summed E-state index contributed by atoms with van der Waals surface area (Å²) in [6.45, 7) is 2.39. The Labute approximate surface area is 213 Å². The summed E-state index contributed by atoms with van der Waals surface area (Å²) in [7, 11) is 0. The van der Waals surface area contributed by atoms with Crippen molar-refractivity contribution in [3.05, 3.63) is 131 Å². The summed E-state index contributed by atoms with van der Waals surface area (Å²) >= 11 is 0. The van der Waals surface area contributed by atoms with Crippen LogP contribution in [-0.4, -0.2) is 21.7 Å². The van der Waals surface area contributed by atoms with Gasteiger partial charge in [0.25, 0.3) is 11.8 Å². The zero-order chi connectivity index (χ0) is 25.8. The van der Waals surface area contributed by atoms with Crippen LogP contribution in [0.4, 0.5) is 10.1 Å². The lowest BCUT2D eigenvalue weighted by molar-refractivity contribution is 0.0701. The number of nitrogens with one attached hydrogen (secondary N) is 1. The number of pyridine rings is 1. The lowest BCUT2D eigenvalue weighted by atomic mass is 10.1. The lowest BCUT2D eigenvalue weighted by Crippen LogP contribution is -2.30. The van der Waals surface area contributed by atoms with Crippen molar-refractivity contribution in [2.45, 2.75) is 20.0 Å². The van der Waals surface area contributed by atoms with Crippen molar-refractivity contribution < 1.29 is 18.4 Å². The summed E-state index contributed by atoms with van der Waals surface area (Å²) in [4.78, 5) is 32.8. The predicted octanol–water partition coefficient (Wildman–Crippen LogP) is 6.37. The summed E-state index contributed by atoms with van der Waals surface area (Å²) in [6.07, 6.45) is 3.34. The zero-order valence-electron chi connectivity index (χ0n) is 20.1. The van der Waals surface area contributed by atoms with Gasteiger partial charge in [0.2, 0.25) is 5.76 Å². The Morgan fingerprint density at radius 1 is 0.892 bits per heavy atom. The van der Waals surface area contributed by atoms with Crippen LogP contribution in [0.15, 0.2) is 102 Å². The first-order valence-electron chi connectivity index (χ1n) is 11.8. The minimum Gasteiger partial charge on any atom is -0.449 e. The molecule has 0 aliphatic rings. The smallest absolute Gasteiger partial charge is 0.292 e. The first-order chi connectivity index (χ1) is 18.0.